The average molecular weight is 310 g/mol. The first-order chi connectivity index (χ1) is 10.9. The van der Waals surface area contributed by atoms with Gasteiger partial charge >= 0.3 is 5.97 Å². The van der Waals surface area contributed by atoms with Gasteiger partial charge in [0, 0.05) is 18.6 Å². The fourth-order valence-corrected chi connectivity index (χ4v) is 3.04. The predicted octanol–water partition coefficient (Wildman–Crippen LogP) is 3.56. The van der Waals surface area contributed by atoms with Crippen LogP contribution in [0.1, 0.15) is 21.5 Å². The molecule has 0 fully saturated rings. The summed E-state index contributed by atoms with van der Waals surface area (Å²) in [7, 11) is 3.46. The van der Waals surface area contributed by atoms with Gasteiger partial charge in [-0.25, -0.2) is 4.79 Å². The molecule has 2 aromatic carbocycles. The van der Waals surface area contributed by atoms with Crippen LogP contribution < -0.4 is 4.74 Å². The molecule has 0 saturated heterocycles. The van der Waals surface area contributed by atoms with Crippen LogP contribution in [-0.2, 0) is 7.05 Å². The van der Waals surface area contributed by atoms with E-state index in [-0.39, 0.29) is 5.56 Å². The summed E-state index contributed by atoms with van der Waals surface area (Å²) in [5, 5.41) is 14.7. The van der Waals surface area contributed by atoms with Gasteiger partial charge in [0.2, 0.25) is 0 Å². The summed E-state index contributed by atoms with van der Waals surface area (Å²) in [5.74, 6) is -0.180. The van der Waals surface area contributed by atoms with Crippen molar-refractivity contribution in [3.05, 3.63) is 47.2 Å². The second kappa shape index (κ2) is 5.43. The lowest BCUT2D eigenvalue weighted by molar-refractivity contribution is 0.0697. The summed E-state index contributed by atoms with van der Waals surface area (Å²) in [6, 6.07) is 7.22. The molecule has 1 heterocycles. The maximum Gasteiger partial charge on any atom is 0.335 e. The van der Waals surface area contributed by atoms with Crippen LogP contribution in [0.5, 0.6) is 5.75 Å². The number of nitrogens with zero attached hydrogens (tertiary/aromatic N) is 2. The van der Waals surface area contributed by atoms with Crippen LogP contribution in [0.2, 0.25) is 0 Å². The Kier molecular flexibility index (Phi) is 3.56. The highest BCUT2D eigenvalue weighted by atomic mass is 16.5. The highest BCUT2D eigenvalue weighted by Crippen LogP contribution is 2.37. The van der Waals surface area contributed by atoms with Gasteiger partial charge in [-0.1, -0.05) is 6.07 Å². The molecule has 0 aliphatic heterocycles. The largest absolute Gasteiger partial charge is 0.496 e. The van der Waals surface area contributed by atoms with Gasteiger partial charge in [-0.3, -0.25) is 4.68 Å². The monoisotopic (exact) mass is 310 g/mol. The lowest BCUT2D eigenvalue weighted by Crippen LogP contribution is -1.99. The summed E-state index contributed by atoms with van der Waals surface area (Å²) in [4.78, 5) is 11.5. The van der Waals surface area contributed by atoms with Crippen molar-refractivity contribution in [3.8, 4) is 16.9 Å². The van der Waals surface area contributed by atoms with Crippen LogP contribution in [0.4, 0.5) is 0 Å². The van der Waals surface area contributed by atoms with E-state index in [1.807, 2.05) is 39.2 Å². The molecule has 3 rings (SSSR count). The van der Waals surface area contributed by atoms with E-state index >= 15 is 0 Å². The number of carbonyl (C=O) groups is 1. The number of fused-ring (bicyclic) bond motifs is 1. The number of aromatic carboxylic acids is 1. The van der Waals surface area contributed by atoms with Gasteiger partial charge in [-0.05, 0) is 54.3 Å². The number of carboxylic acid groups (broad SMARTS) is 1. The van der Waals surface area contributed by atoms with E-state index in [0.717, 1.165) is 33.4 Å². The first kappa shape index (κ1) is 15.1. The zero-order chi connectivity index (χ0) is 16.7. The fraction of sp³-hybridized carbons (Fsp3) is 0.222. The number of carboxylic acids is 1. The molecular formula is C18H18N2O3. The van der Waals surface area contributed by atoms with Crippen molar-refractivity contribution in [1.82, 2.24) is 9.78 Å². The quantitative estimate of drug-likeness (QED) is 0.803. The molecule has 0 radical (unpaired) electrons. The van der Waals surface area contributed by atoms with E-state index < -0.39 is 5.97 Å². The first-order valence-electron chi connectivity index (χ1n) is 7.27. The Morgan fingerprint density at radius 1 is 1.26 bits per heavy atom. The molecule has 0 aliphatic carbocycles. The fourth-order valence-electron chi connectivity index (χ4n) is 3.04. The van der Waals surface area contributed by atoms with Gasteiger partial charge in [0.05, 0.1) is 18.2 Å². The SMILES string of the molecule is COc1ccc(C)c(-c2cc(C(=O)O)cc3nn(C)cc23)c1C. The topological polar surface area (TPSA) is 64.3 Å². The molecule has 0 amide bonds. The Morgan fingerprint density at radius 2 is 2.00 bits per heavy atom. The van der Waals surface area contributed by atoms with Crippen LogP contribution in [0.15, 0.2) is 30.5 Å². The second-order valence-electron chi connectivity index (χ2n) is 5.65. The number of hydrogen-bond donors (Lipinski definition) is 1. The van der Waals surface area contributed by atoms with Crippen molar-refractivity contribution in [2.24, 2.45) is 7.05 Å². The van der Waals surface area contributed by atoms with E-state index in [4.69, 9.17) is 4.74 Å². The molecule has 23 heavy (non-hydrogen) atoms. The zero-order valence-electron chi connectivity index (χ0n) is 13.5. The first-order valence-corrected chi connectivity index (χ1v) is 7.27. The number of hydrogen-bond acceptors (Lipinski definition) is 3. The minimum atomic E-state index is -0.961. The van der Waals surface area contributed by atoms with Crippen molar-refractivity contribution in [2.45, 2.75) is 13.8 Å². The van der Waals surface area contributed by atoms with Crippen molar-refractivity contribution < 1.29 is 14.6 Å². The Hall–Kier alpha value is -2.82. The standard InChI is InChI=1S/C18H18N2O3/c1-10-5-6-16(23-4)11(2)17(10)13-7-12(18(21)22)8-15-14(13)9-20(3)19-15/h5-9H,1-4H3,(H,21,22). The maximum absolute atomic E-state index is 11.5. The van der Waals surface area contributed by atoms with Crippen LogP contribution in [0.25, 0.3) is 22.0 Å². The molecule has 5 nitrogen and oxygen atoms in total. The number of aryl methyl sites for hydroxylation is 2. The van der Waals surface area contributed by atoms with Gasteiger partial charge in [-0.15, -0.1) is 0 Å². The summed E-state index contributed by atoms with van der Waals surface area (Å²) in [6.45, 7) is 3.99. The Bertz CT molecular complexity index is 926. The molecule has 0 atom stereocenters. The summed E-state index contributed by atoms with van der Waals surface area (Å²) < 4.78 is 7.12. The zero-order valence-corrected chi connectivity index (χ0v) is 13.5. The van der Waals surface area contributed by atoms with Gasteiger partial charge in [0.1, 0.15) is 5.75 Å². The van der Waals surface area contributed by atoms with Crippen LogP contribution in [-0.4, -0.2) is 28.0 Å². The molecule has 1 N–H and O–H groups in total. The number of ether oxygens (including phenoxy) is 1. The summed E-state index contributed by atoms with van der Waals surface area (Å²) in [5.41, 5.74) is 4.81. The smallest absolute Gasteiger partial charge is 0.335 e. The normalized spacial score (nSPS) is 11.0. The third kappa shape index (κ3) is 2.44. The molecule has 0 unspecified atom stereocenters. The maximum atomic E-state index is 11.5. The highest BCUT2D eigenvalue weighted by molar-refractivity contribution is 6.02. The van der Waals surface area contributed by atoms with Crippen molar-refractivity contribution in [2.75, 3.05) is 7.11 Å². The summed E-state index contributed by atoms with van der Waals surface area (Å²) in [6.07, 6.45) is 1.91. The molecule has 3 aromatic rings. The van der Waals surface area contributed by atoms with Gasteiger partial charge in [0.25, 0.3) is 0 Å². The molecule has 0 saturated carbocycles. The number of methoxy groups -OCH3 is 1. The number of rotatable bonds is 3. The predicted molar refractivity (Wildman–Crippen MR) is 89.1 cm³/mol. The molecule has 0 aliphatic rings. The minimum Gasteiger partial charge on any atom is -0.496 e. The van der Waals surface area contributed by atoms with Crippen molar-refractivity contribution in [3.63, 3.8) is 0 Å². The molecule has 1 aromatic heterocycles. The van der Waals surface area contributed by atoms with Crippen LogP contribution in [0, 0.1) is 13.8 Å². The van der Waals surface area contributed by atoms with E-state index in [0.29, 0.717) is 5.52 Å². The van der Waals surface area contributed by atoms with Crippen molar-refractivity contribution in [1.29, 1.82) is 0 Å². The van der Waals surface area contributed by atoms with E-state index in [9.17, 15) is 9.90 Å². The highest BCUT2D eigenvalue weighted by Gasteiger charge is 2.17. The Balaban J connectivity index is 2.42. The second-order valence-corrected chi connectivity index (χ2v) is 5.65. The number of benzene rings is 2. The lowest BCUT2D eigenvalue weighted by Gasteiger charge is -2.15. The third-order valence-corrected chi connectivity index (χ3v) is 4.10. The molecule has 0 bridgehead atoms. The molecule has 0 spiro atoms. The van der Waals surface area contributed by atoms with E-state index in [1.54, 1.807) is 23.9 Å². The van der Waals surface area contributed by atoms with Gasteiger partial charge in [-0.2, -0.15) is 5.10 Å². The Morgan fingerprint density at radius 3 is 2.65 bits per heavy atom. The van der Waals surface area contributed by atoms with E-state index in [2.05, 4.69) is 5.10 Å². The lowest BCUT2D eigenvalue weighted by atomic mass is 9.91. The van der Waals surface area contributed by atoms with Gasteiger partial charge < -0.3 is 9.84 Å². The van der Waals surface area contributed by atoms with Gasteiger partial charge in [0.15, 0.2) is 0 Å². The average Bonchev–Trinajstić information content (AvgIpc) is 2.87. The molecular weight excluding hydrogens is 292 g/mol. The van der Waals surface area contributed by atoms with Crippen LogP contribution in [0.3, 0.4) is 0 Å². The Labute approximate surface area is 134 Å². The van der Waals surface area contributed by atoms with E-state index in [1.165, 1.54) is 0 Å². The summed E-state index contributed by atoms with van der Waals surface area (Å²) >= 11 is 0. The molecule has 5 heteroatoms. The third-order valence-electron chi connectivity index (χ3n) is 4.10. The molecule has 118 valence electrons. The van der Waals surface area contributed by atoms with Crippen LogP contribution >= 0.6 is 0 Å². The number of aromatic nitrogens is 2. The van der Waals surface area contributed by atoms with Crippen molar-refractivity contribution >= 4 is 16.9 Å². The minimum absolute atomic E-state index is 0.229.